The zero-order chi connectivity index (χ0) is 28.0. The van der Waals surface area contributed by atoms with E-state index in [2.05, 4.69) is 10.6 Å². The first-order valence-electron chi connectivity index (χ1n) is 12.1. The van der Waals surface area contributed by atoms with Crippen LogP contribution < -0.4 is 15.5 Å². The van der Waals surface area contributed by atoms with E-state index in [4.69, 9.17) is 9.47 Å². The van der Waals surface area contributed by atoms with Crippen LogP contribution in [-0.2, 0) is 25.6 Å². The van der Waals surface area contributed by atoms with Gasteiger partial charge >= 0.3 is 12.2 Å². The predicted molar refractivity (Wildman–Crippen MR) is 139 cm³/mol. The normalized spacial score (nSPS) is 15.1. The van der Waals surface area contributed by atoms with Crippen molar-refractivity contribution in [1.82, 2.24) is 15.5 Å². The van der Waals surface area contributed by atoms with Crippen molar-refractivity contribution in [3.63, 3.8) is 0 Å². The molecule has 0 spiro atoms. The molecular weight excluding hydrogens is 495 g/mol. The van der Waals surface area contributed by atoms with Crippen LogP contribution in [0.25, 0.3) is 11.1 Å². The van der Waals surface area contributed by atoms with E-state index < -0.39 is 29.7 Å². The van der Waals surface area contributed by atoms with Crippen molar-refractivity contribution in [2.75, 3.05) is 31.6 Å². The summed E-state index contributed by atoms with van der Waals surface area (Å²) < 4.78 is 25.4. The Labute approximate surface area is 221 Å². The fraction of sp³-hybridized carbons (Fsp3) is 0.407. The molecule has 0 bridgehead atoms. The molecule has 1 heterocycles. The summed E-state index contributed by atoms with van der Waals surface area (Å²) in [5.41, 5.74) is 1.51. The summed E-state index contributed by atoms with van der Waals surface area (Å²) in [5, 5.41) is 5.04. The fourth-order valence-corrected chi connectivity index (χ4v) is 3.75. The van der Waals surface area contributed by atoms with E-state index in [1.807, 2.05) is 0 Å². The minimum absolute atomic E-state index is 0.186. The summed E-state index contributed by atoms with van der Waals surface area (Å²) in [6.45, 7) is 7.07. The van der Waals surface area contributed by atoms with Gasteiger partial charge in [-0.2, -0.15) is 0 Å². The van der Waals surface area contributed by atoms with Crippen molar-refractivity contribution in [3.05, 3.63) is 53.8 Å². The van der Waals surface area contributed by atoms with Crippen molar-refractivity contribution in [3.8, 4) is 11.1 Å². The number of ether oxygens (including phenoxy) is 2. The van der Waals surface area contributed by atoms with Crippen LogP contribution in [0.5, 0.6) is 0 Å². The van der Waals surface area contributed by atoms with Crippen LogP contribution in [0.1, 0.15) is 33.3 Å². The molecule has 1 aliphatic rings. The van der Waals surface area contributed by atoms with Crippen molar-refractivity contribution in [2.45, 2.75) is 45.9 Å². The first kappa shape index (κ1) is 28.4. The van der Waals surface area contributed by atoms with Gasteiger partial charge in [-0.1, -0.05) is 24.3 Å². The number of hydrogen-bond acceptors (Lipinski definition) is 6. The van der Waals surface area contributed by atoms with Crippen LogP contribution >= 0.6 is 0 Å². The second-order valence-corrected chi connectivity index (χ2v) is 10.0. The average molecular weight is 529 g/mol. The number of likely N-dealkylation sites (N-methyl/N-ethyl adjacent to an activating group) is 1. The molecule has 0 unspecified atom stereocenters. The molecule has 2 N–H and O–H groups in total. The first-order chi connectivity index (χ1) is 17.8. The van der Waals surface area contributed by atoms with Gasteiger partial charge in [-0.15, -0.1) is 0 Å². The van der Waals surface area contributed by atoms with E-state index in [-0.39, 0.29) is 31.4 Å². The summed E-state index contributed by atoms with van der Waals surface area (Å²) in [5.74, 6) is -1.02. The van der Waals surface area contributed by atoms with Gasteiger partial charge in [0, 0.05) is 26.1 Å². The molecule has 4 amide bonds. The lowest BCUT2D eigenvalue weighted by Crippen LogP contribution is -2.40. The Balaban J connectivity index is 1.58. The van der Waals surface area contributed by atoms with E-state index in [9.17, 15) is 19.2 Å². The third-order valence-electron chi connectivity index (χ3n) is 5.61. The largest absolute Gasteiger partial charge is 0.444 e. The number of amides is 4. The molecule has 10 nitrogen and oxygen atoms in total. The van der Waals surface area contributed by atoms with Crippen molar-refractivity contribution in [1.29, 1.82) is 0 Å². The highest BCUT2D eigenvalue weighted by molar-refractivity contribution is 5.90. The molecule has 2 aromatic carbocycles. The number of anilines is 1. The van der Waals surface area contributed by atoms with E-state index in [1.54, 1.807) is 64.2 Å². The summed E-state index contributed by atoms with van der Waals surface area (Å²) >= 11 is 0. The number of nitrogens with zero attached hydrogens (tertiary/aromatic N) is 2. The Kier molecular flexibility index (Phi) is 8.92. The van der Waals surface area contributed by atoms with Crippen LogP contribution in [0.3, 0.4) is 0 Å². The average Bonchev–Trinajstić information content (AvgIpc) is 3.21. The number of cyclic esters (lactones) is 1. The van der Waals surface area contributed by atoms with Crippen molar-refractivity contribution in [2.24, 2.45) is 0 Å². The number of halogens is 1. The van der Waals surface area contributed by atoms with Crippen LogP contribution in [0.15, 0.2) is 42.5 Å². The van der Waals surface area contributed by atoms with Gasteiger partial charge in [0.05, 0.1) is 18.8 Å². The molecule has 204 valence electrons. The minimum Gasteiger partial charge on any atom is -0.444 e. The fourth-order valence-electron chi connectivity index (χ4n) is 3.75. The lowest BCUT2D eigenvalue weighted by molar-refractivity contribution is -0.129. The molecule has 0 aliphatic carbocycles. The number of carbonyl (C=O) groups excluding carboxylic acids is 4. The van der Waals surface area contributed by atoms with Crippen molar-refractivity contribution >= 4 is 29.7 Å². The van der Waals surface area contributed by atoms with Gasteiger partial charge in [-0.05, 0) is 50.1 Å². The molecule has 11 heteroatoms. The Hall–Kier alpha value is -4.15. The Morgan fingerprint density at radius 1 is 1.13 bits per heavy atom. The second-order valence-electron chi connectivity index (χ2n) is 10.0. The molecule has 0 radical (unpaired) electrons. The van der Waals surface area contributed by atoms with Crippen molar-refractivity contribution < 1.29 is 33.0 Å². The molecule has 1 fully saturated rings. The highest BCUT2D eigenvalue weighted by Crippen LogP contribution is 2.29. The summed E-state index contributed by atoms with van der Waals surface area (Å²) in [4.78, 5) is 50.2. The molecule has 38 heavy (non-hydrogen) atoms. The van der Waals surface area contributed by atoms with Crippen LogP contribution in [0.4, 0.5) is 19.7 Å². The molecule has 1 saturated heterocycles. The maximum Gasteiger partial charge on any atom is 0.414 e. The Bertz CT molecular complexity index is 1200. The van der Waals surface area contributed by atoms with Gasteiger partial charge < -0.3 is 25.0 Å². The summed E-state index contributed by atoms with van der Waals surface area (Å²) in [6.07, 6.45) is -1.78. The number of benzene rings is 2. The molecule has 2 aromatic rings. The monoisotopic (exact) mass is 528 g/mol. The van der Waals surface area contributed by atoms with E-state index in [1.165, 1.54) is 22.8 Å². The molecule has 0 aromatic heterocycles. The van der Waals surface area contributed by atoms with Gasteiger partial charge in [0.15, 0.2) is 0 Å². The molecule has 3 rings (SSSR count). The number of hydrogen-bond donors (Lipinski definition) is 2. The standard InChI is InChI=1S/C27H33FN4O6/c1-17(33)29-13-21-16-32(26(36)37-21)20-10-11-22(23(28)12-20)19-8-6-18(7-9-19)15-31(5)24(34)14-30-25(35)38-27(2,3)4/h6-12,21H,13-16H2,1-5H3,(H,29,33)(H,30,35)/t21-/m0/s1. The van der Waals surface area contributed by atoms with Gasteiger partial charge in [-0.25, -0.2) is 14.0 Å². The van der Waals surface area contributed by atoms with E-state index >= 15 is 4.39 Å². The predicted octanol–water partition coefficient (Wildman–Crippen LogP) is 3.44. The minimum atomic E-state index is -0.664. The Morgan fingerprint density at radius 3 is 2.42 bits per heavy atom. The smallest absolute Gasteiger partial charge is 0.414 e. The third kappa shape index (κ3) is 7.92. The third-order valence-corrected chi connectivity index (χ3v) is 5.61. The maximum atomic E-state index is 15.0. The van der Waals surface area contributed by atoms with Crippen LogP contribution in [-0.4, -0.2) is 67.3 Å². The number of rotatable bonds is 8. The van der Waals surface area contributed by atoms with Gasteiger partial charge in [0.2, 0.25) is 11.8 Å². The van der Waals surface area contributed by atoms with Gasteiger partial charge in [0.25, 0.3) is 0 Å². The molecular formula is C27H33FN4O6. The zero-order valence-corrected chi connectivity index (χ0v) is 22.2. The van der Waals surface area contributed by atoms with Gasteiger partial charge in [0.1, 0.15) is 24.1 Å². The van der Waals surface area contributed by atoms with Crippen LogP contribution in [0, 0.1) is 5.82 Å². The number of alkyl carbamates (subject to hydrolysis) is 1. The Morgan fingerprint density at radius 2 is 1.82 bits per heavy atom. The SMILES string of the molecule is CC(=O)NC[C@H]1CN(c2ccc(-c3ccc(CN(C)C(=O)CNC(=O)OC(C)(C)C)cc3)c(F)c2)C(=O)O1. The van der Waals surface area contributed by atoms with Gasteiger partial charge in [-0.3, -0.25) is 14.5 Å². The zero-order valence-electron chi connectivity index (χ0n) is 22.2. The summed E-state index contributed by atoms with van der Waals surface area (Å²) in [6, 6.07) is 11.6. The quantitative estimate of drug-likeness (QED) is 0.542. The highest BCUT2D eigenvalue weighted by atomic mass is 19.1. The second kappa shape index (κ2) is 11.9. The first-order valence-corrected chi connectivity index (χ1v) is 12.1. The molecule has 1 aliphatic heterocycles. The number of nitrogens with one attached hydrogen (secondary N) is 2. The van der Waals surface area contributed by atoms with Crippen LogP contribution in [0.2, 0.25) is 0 Å². The molecule has 1 atom stereocenters. The van der Waals surface area contributed by atoms with E-state index in [0.717, 1.165) is 5.56 Å². The molecule has 0 saturated carbocycles. The number of carbonyl (C=O) groups is 4. The highest BCUT2D eigenvalue weighted by Gasteiger charge is 2.32. The maximum absolute atomic E-state index is 15.0. The lowest BCUT2D eigenvalue weighted by atomic mass is 10.0. The topological polar surface area (TPSA) is 117 Å². The lowest BCUT2D eigenvalue weighted by Gasteiger charge is -2.21. The summed E-state index contributed by atoms with van der Waals surface area (Å²) in [7, 11) is 1.62. The van der Waals surface area contributed by atoms with E-state index in [0.29, 0.717) is 23.4 Å².